The fourth-order valence-corrected chi connectivity index (χ4v) is 3.39. The van der Waals surface area contributed by atoms with Gasteiger partial charge in [-0.25, -0.2) is 9.97 Å². The van der Waals surface area contributed by atoms with E-state index in [1.165, 1.54) is 21.5 Å². The fourth-order valence-electron chi connectivity index (χ4n) is 3.39. The van der Waals surface area contributed by atoms with Crippen molar-refractivity contribution in [3.8, 4) is 11.4 Å². The van der Waals surface area contributed by atoms with Gasteiger partial charge in [-0.2, -0.15) is 0 Å². The van der Waals surface area contributed by atoms with Crippen LogP contribution >= 0.6 is 0 Å². The van der Waals surface area contributed by atoms with Crippen LogP contribution in [0.25, 0.3) is 43.8 Å². The molecule has 0 saturated carbocycles. The highest BCUT2D eigenvalue weighted by Crippen LogP contribution is 2.34. The second-order valence-corrected chi connectivity index (χ2v) is 5.91. The van der Waals surface area contributed by atoms with Crippen LogP contribution in [0.15, 0.2) is 85.1 Å². The van der Waals surface area contributed by atoms with Gasteiger partial charge in [-0.3, -0.25) is 0 Å². The Morgan fingerprint density at radius 1 is 0.500 bits per heavy atom. The summed E-state index contributed by atoms with van der Waals surface area (Å²) in [6.45, 7) is 0. The van der Waals surface area contributed by atoms with E-state index < -0.39 is 0 Å². The number of aromatic nitrogens is 2. The third kappa shape index (κ3) is 1.90. The fraction of sp³-hybridized carbons (Fsp3) is 0. The molecule has 0 spiro atoms. The summed E-state index contributed by atoms with van der Waals surface area (Å²) in [6.07, 6.45) is 1.96. The van der Waals surface area contributed by atoms with E-state index in [1.807, 2.05) is 36.5 Å². The molecule has 0 aliphatic rings. The zero-order chi connectivity index (χ0) is 15.9. The van der Waals surface area contributed by atoms with Crippen molar-refractivity contribution in [2.75, 3.05) is 0 Å². The van der Waals surface area contributed by atoms with Gasteiger partial charge in [0.05, 0.1) is 5.52 Å². The van der Waals surface area contributed by atoms with Crippen LogP contribution in [0.1, 0.15) is 0 Å². The quantitative estimate of drug-likeness (QED) is 0.376. The van der Waals surface area contributed by atoms with E-state index in [2.05, 4.69) is 53.5 Å². The van der Waals surface area contributed by atoms with Gasteiger partial charge in [0.15, 0.2) is 5.82 Å². The number of hydrogen-bond donors (Lipinski definition) is 0. The Labute approximate surface area is 139 Å². The second kappa shape index (κ2) is 5.14. The molecular weight excluding hydrogens is 292 g/mol. The highest BCUT2D eigenvalue weighted by atomic mass is 14.9. The molecular formula is C22H14N2. The lowest BCUT2D eigenvalue weighted by Crippen LogP contribution is -1.92. The normalized spacial score (nSPS) is 11.3. The van der Waals surface area contributed by atoms with Gasteiger partial charge in [-0.15, -0.1) is 0 Å². The summed E-state index contributed by atoms with van der Waals surface area (Å²) in [5, 5.41) is 5.95. The molecule has 0 aliphatic heterocycles. The number of fused-ring (bicyclic) bond motifs is 6. The van der Waals surface area contributed by atoms with Crippen LogP contribution in [0.3, 0.4) is 0 Å². The summed E-state index contributed by atoms with van der Waals surface area (Å²) < 4.78 is 0. The Hall–Kier alpha value is -3.26. The van der Waals surface area contributed by atoms with Gasteiger partial charge >= 0.3 is 0 Å². The van der Waals surface area contributed by atoms with Crippen LogP contribution in [0.2, 0.25) is 0 Å². The first-order chi connectivity index (χ1) is 11.9. The monoisotopic (exact) mass is 306 g/mol. The Kier molecular flexibility index (Phi) is 2.83. The highest BCUT2D eigenvalue weighted by Gasteiger charge is 2.11. The van der Waals surface area contributed by atoms with E-state index in [0.717, 1.165) is 22.3 Å². The van der Waals surface area contributed by atoms with Gasteiger partial charge in [0.25, 0.3) is 0 Å². The Morgan fingerprint density at radius 3 is 1.75 bits per heavy atom. The van der Waals surface area contributed by atoms with Crippen molar-refractivity contribution in [2.45, 2.75) is 0 Å². The van der Waals surface area contributed by atoms with E-state index in [9.17, 15) is 0 Å². The summed E-state index contributed by atoms with van der Waals surface area (Å²) in [6, 6.07) is 27.1. The lowest BCUT2D eigenvalue weighted by Gasteiger charge is -2.10. The predicted octanol–water partition coefficient (Wildman–Crippen LogP) is 5.60. The molecule has 0 atom stereocenters. The second-order valence-electron chi connectivity index (χ2n) is 5.91. The maximum Gasteiger partial charge on any atom is 0.159 e. The van der Waals surface area contributed by atoms with E-state index >= 15 is 0 Å². The van der Waals surface area contributed by atoms with E-state index in [1.54, 1.807) is 0 Å². The first-order valence-electron chi connectivity index (χ1n) is 8.03. The maximum atomic E-state index is 4.91. The van der Waals surface area contributed by atoms with Crippen molar-refractivity contribution >= 4 is 32.4 Å². The molecule has 1 aromatic heterocycles. The van der Waals surface area contributed by atoms with Gasteiger partial charge in [0.2, 0.25) is 0 Å². The summed E-state index contributed by atoms with van der Waals surface area (Å²) in [5.74, 6) is 0.767. The molecule has 0 amide bonds. The van der Waals surface area contributed by atoms with Crippen LogP contribution in [0.5, 0.6) is 0 Å². The summed E-state index contributed by atoms with van der Waals surface area (Å²) in [4.78, 5) is 9.54. The maximum absolute atomic E-state index is 4.91. The Balaban J connectivity index is 1.96. The molecule has 5 rings (SSSR count). The molecule has 0 unspecified atom stereocenters. The van der Waals surface area contributed by atoms with Crippen molar-refractivity contribution in [1.82, 2.24) is 9.97 Å². The number of benzene rings is 4. The van der Waals surface area contributed by atoms with Crippen LogP contribution in [-0.4, -0.2) is 9.97 Å². The van der Waals surface area contributed by atoms with Gasteiger partial charge in [0.1, 0.15) is 0 Å². The smallest absolute Gasteiger partial charge is 0.159 e. The van der Waals surface area contributed by atoms with Crippen LogP contribution in [0, 0.1) is 0 Å². The van der Waals surface area contributed by atoms with Crippen molar-refractivity contribution < 1.29 is 0 Å². The summed E-state index contributed by atoms with van der Waals surface area (Å²) in [7, 11) is 0. The molecule has 0 radical (unpaired) electrons. The molecule has 0 N–H and O–H groups in total. The average molecular weight is 306 g/mol. The summed E-state index contributed by atoms with van der Waals surface area (Å²) >= 11 is 0. The zero-order valence-electron chi connectivity index (χ0n) is 13.0. The lowest BCUT2D eigenvalue weighted by molar-refractivity contribution is 1.23. The molecule has 0 fully saturated rings. The minimum absolute atomic E-state index is 0.767. The largest absolute Gasteiger partial charge is 0.236 e. The zero-order valence-corrected chi connectivity index (χ0v) is 13.0. The predicted molar refractivity (Wildman–Crippen MR) is 100.0 cm³/mol. The lowest BCUT2D eigenvalue weighted by atomic mass is 9.98. The molecule has 0 saturated heterocycles. The van der Waals surface area contributed by atoms with Crippen molar-refractivity contribution in [2.24, 2.45) is 0 Å². The van der Waals surface area contributed by atoms with Gasteiger partial charge in [0, 0.05) is 22.5 Å². The minimum Gasteiger partial charge on any atom is -0.236 e. The topological polar surface area (TPSA) is 25.8 Å². The van der Waals surface area contributed by atoms with E-state index in [4.69, 9.17) is 4.98 Å². The van der Waals surface area contributed by atoms with Gasteiger partial charge in [-0.1, -0.05) is 78.9 Å². The van der Waals surface area contributed by atoms with Gasteiger partial charge in [-0.05, 0) is 16.2 Å². The molecule has 112 valence electrons. The van der Waals surface area contributed by atoms with Crippen molar-refractivity contribution in [3.05, 3.63) is 85.1 Å². The van der Waals surface area contributed by atoms with Crippen molar-refractivity contribution in [1.29, 1.82) is 0 Å². The third-order valence-corrected chi connectivity index (χ3v) is 4.51. The first-order valence-corrected chi connectivity index (χ1v) is 8.03. The summed E-state index contributed by atoms with van der Waals surface area (Å²) in [5.41, 5.74) is 2.05. The molecule has 2 heteroatoms. The van der Waals surface area contributed by atoms with Crippen LogP contribution in [0.4, 0.5) is 0 Å². The Bertz CT molecular complexity index is 1160. The molecule has 1 heterocycles. The van der Waals surface area contributed by atoms with Crippen molar-refractivity contribution in [3.63, 3.8) is 0 Å². The molecule has 0 aliphatic carbocycles. The van der Waals surface area contributed by atoms with Gasteiger partial charge < -0.3 is 0 Å². The first kappa shape index (κ1) is 13.2. The third-order valence-electron chi connectivity index (χ3n) is 4.51. The number of hydrogen-bond acceptors (Lipinski definition) is 2. The van der Waals surface area contributed by atoms with E-state index in [0.29, 0.717) is 0 Å². The average Bonchev–Trinajstić information content (AvgIpc) is 2.68. The molecule has 4 aromatic carbocycles. The highest BCUT2D eigenvalue weighted by molar-refractivity contribution is 6.24. The SMILES string of the molecule is c1ccc(-c2ncc3c4ccccc4c4ccccc4c3n2)cc1. The van der Waals surface area contributed by atoms with E-state index in [-0.39, 0.29) is 0 Å². The van der Waals surface area contributed by atoms with Crippen LogP contribution < -0.4 is 0 Å². The molecule has 0 bridgehead atoms. The number of rotatable bonds is 1. The minimum atomic E-state index is 0.767. The molecule has 5 aromatic rings. The molecule has 24 heavy (non-hydrogen) atoms. The van der Waals surface area contributed by atoms with Crippen LogP contribution in [-0.2, 0) is 0 Å². The number of nitrogens with zero attached hydrogens (tertiary/aromatic N) is 2. The molecule has 2 nitrogen and oxygen atoms in total. The Morgan fingerprint density at radius 2 is 1.04 bits per heavy atom. The standard InChI is InChI=1S/C22H14N2/c1-2-8-15(9-3-1)22-23-14-20-18-12-5-4-10-16(18)17-11-6-7-13-19(17)21(20)24-22/h1-14H.